The summed E-state index contributed by atoms with van der Waals surface area (Å²) in [6.45, 7) is 2.78. The van der Waals surface area contributed by atoms with Crippen molar-refractivity contribution < 1.29 is 17.9 Å². The lowest BCUT2D eigenvalue weighted by molar-refractivity contribution is 0.00599. The lowest BCUT2D eigenvalue weighted by atomic mass is 9.83. The molecule has 0 radical (unpaired) electrons. The number of hydrogen-bond donors (Lipinski definition) is 0. The average molecular weight is 309 g/mol. The van der Waals surface area contributed by atoms with Crippen LogP contribution in [0, 0.1) is 6.92 Å². The molecule has 0 aliphatic carbocycles. The molecule has 2 aliphatic rings. The summed E-state index contributed by atoms with van der Waals surface area (Å²) < 4.78 is 30.8. The minimum absolute atomic E-state index is 0.0871. The van der Waals surface area contributed by atoms with E-state index in [-0.39, 0.29) is 5.78 Å². The van der Waals surface area contributed by atoms with Gasteiger partial charge in [-0.1, -0.05) is 6.07 Å². The highest BCUT2D eigenvalue weighted by atomic mass is 32.2. The first-order valence-electron chi connectivity index (χ1n) is 7.07. The van der Waals surface area contributed by atoms with Gasteiger partial charge in [-0.25, -0.2) is 12.7 Å². The SMILES string of the molecule is Cc1ccc2c(c1)OC1(CCN(S(C)(=O)=O)CC1)CC2=O. The fraction of sp³-hybridized carbons (Fsp3) is 0.533. The number of aryl methyl sites for hydroxylation is 1. The molecule has 0 atom stereocenters. The number of piperidine rings is 1. The van der Waals surface area contributed by atoms with Crippen molar-refractivity contribution in [3.63, 3.8) is 0 Å². The molecule has 3 rings (SSSR count). The maximum absolute atomic E-state index is 12.3. The zero-order valence-electron chi connectivity index (χ0n) is 12.3. The van der Waals surface area contributed by atoms with Gasteiger partial charge in [0, 0.05) is 25.9 Å². The second-order valence-corrected chi connectivity index (χ2v) is 8.03. The van der Waals surface area contributed by atoms with E-state index >= 15 is 0 Å². The van der Waals surface area contributed by atoms with Gasteiger partial charge in [-0.3, -0.25) is 4.79 Å². The molecule has 1 aromatic carbocycles. The Hall–Kier alpha value is -1.40. The van der Waals surface area contributed by atoms with Gasteiger partial charge in [0.05, 0.1) is 18.2 Å². The van der Waals surface area contributed by atoms with Gasteiger partial charge < -0.3 is 4.74 Å². The Morgan fingerprint density at radius 1 is 1.24 bits per heavy atom. The van der Waals surface area contributed by atoms with Crippen molar-refractivity contribution in [3.05, 3.63) is 29.3 Å². The fourth-order valence-corrected chi connectivity index (χ4v) is 3.95. The van der Waals surface area contributed by atoms with Crippen LogP contribution in [0.4, 0.5) is 0 Å². The van der Waals surface area contributed by atoms with E-state index in [0.29, 0.717) is 43.7 Å². The zero-order valence-corrected chi connectivity index (χ0v) is 13.1. The number of benzene rings is 1. The number of ether oxygens (including phenoxy) is 1. The summed E-state index contributed by atoms with van der Waals surface area (Å²) in [6, 6.07) is 5.60. The van der Waals surface area contributed by atoms with Crippen LogP contribution < -0.4 is 4.74 Å². The predicted octanol–water partition coefficient (Wildman–Crippen LogP) is 1.75. The highest BCUT2D eigenvalue weighted by Gasteiger charge is 2.44. The Morgan fingerprint density at radius 2 is 1.90 bits per heavy atom. The van der Waals surface area contributed by atoms with Crippen molar-refractivity contribution in [2.24, 2.45) is 0 Å². The van der Waals surface area contributed by atoms with E-state index in [1.165, 1.54) is 10.6 Å². The van der Waals surface area contributed by atoms with Crippen molar-refractivity contribution in [1.29, 1.82) is 0 Å². The van der Waals surface area contributed by atoms with Crippen LogP contribution in [-0.4, -0.2) is 43.5 Å². The van der Waals surface area contributed by atoms with Crippen molar-refractivity contribution >= 4 is 15.8 Å². The second kappa shape index (κ2) is 4.81. The van der Waals surface area contributed by atoms with Gasteiger partial charge in [0.25, 0.3) is 0 Å². The van der Waals surface area contributed by atoms with E-state index in [9.17, 15) is 13.2 Å². The van der Waals surface area contributed by atoms with E-state index in [0.717, 1.165) is 5.56 Å². The van der Waals surface area contributed by atoms with Crippen LogP contribution in [0.3, 0.4) is 0 Å². The summed E-state index contributed by atoms with van der Waals surface area (Å²) in [5.41, 5.74) is 1.14. The Morgan fingerprint density at radius 3 is 2.52 bits per heavy atom. The number of carbonyl (C=O) groups is 1. The van der Waals surface area contributed by atoms with Crippen LogP contribution in [0.2, 0.25) is 0 Å². The topological polar surface area (TPSA) is 63.7 Å². The summed E-state index contributed by atoms with van der Waals surface area (Å²) in [5, 5.41) is 0. The molecule has 6 heteroatoms. The van der Waals surface area contributed by atoms with Crippen molar-refractivity contribution in [3.8, 4) is 5.75 Å². The highest BCUT2D eigenvalue weighted by molar-refractivity contribution is 7.88. The number of sulfonamides is 1. The molecule has 1 aromatic rings. The maximum atomic E-state index is 12.3. The standard InChI is InChI=1S/C15H19NO4S/c1-11-3-4-12-13(17)10-15(20-14(12)9-11)5-7-16(8-6-15)21(2,18)19/h3-4,9H,5-8,10H2,1-2H3. The van der Waals surface area contributed by atoms with E-state index in [1.54, 1.807) is 0 Å². The molecule has 2 heterocycles. The number of carbonyl (C=O) groups excluding carboxylic acids is 1. The van der Waals surface area contributed by atoms with E-state index in [4.69, 9.17) is 4.74 Å². The van der Waals surface area contributed by atoms with Crippen LogP contribution in [-0.2, 0) is 10.0 Å². The van der Waals surface area contributed by atoms with Crippen molar-refractivity contribution in [1.82, 2.24) is 4.31 Å². The lowest BCUT2D eigenvalue weighted by Crippen LogP contribution is -2.52. The van der Waals surface area contributed by atoms with Crippen LogP contribution in [0.5, 0.6) is 5.75 Å². The summed E-state index contributed by atoms with van der Waals surface area (Å²) in [5.74, 6) is 0.725. The van der Waals surface area contributed by atoms with Gasteiger partial charge in [-0.05, 0) is 24.6 Å². The number of fused-ring (bicyclic) bond motifs is 1. The molecular formula is C15H19NO4S. The van der Waals surface area contributed by atoms with Crippen LogP contribution >= 0.6 is 0 Å². The monoisotopic (exact) mass is 309 g/mol. The molecule has 0 unspecified atom stereocenters. The van der Waals surface area contributed by atoms with Gasteiger partial charge in [-0.15, -0.1) is 0 Å². The third-order valence-corrected chi connectivity index (χ3v) is 5.65. The summed E-state index contributed by atoms with van der Waals surface area (Å²) in [7, 11) is -3.17. The second-order valence-electron chi connectivity index (χ2n) is 6.05. The predicted molar refractivity (Wildman–Crippen MR) is 79.1 cm³/mol. The van der Waals surface area contributed by atoms with Crippen LogP contribution in [0.1, 0.15) is 35.2 Å². The van der Waals surface area contributed by atoms with Gasteiger partial charge in [0.2, 0.25) is 10.0 Å². The summed E-state index contributed by atoms with van der Waals surface area (Å²) >= 11 is 0. The molecular weight excluding hydrogens is 290 g/mol. The Labute approximate surface area is 124 Å². The molecule has 1 spiro atoms. The van der Waals surface area contributed by atoms with Gasteiger partial charge in [0.1, 0.15) is 11.4 Å². The van der Waals surface area contributed by atoms with Crippen LogP contribution in [0.15, 0.2) is 18.2 Å². The quantitative estimate of drug-likeness (QED) is 0.793. The fourth-order valence-electron chi connectivity index (χ4n) is 3.11. The smallest absolute Gasteiger partial charge is 0.211 e. The zero-order chi connectivity index (χ0) is 15.3. The number of hydrogen-bond acceptors (Lipinski definition) is 4. The molecule has 5 nitrogen and oxygen atoms in total. The van der Waals surface area contributed by atoms with E-state index < -0.39 is 15.6 Å². The third-order valence-electron chi connectivity index (χ3n) is 4.35. The minimum Gasteiger partial charge on any atom is -0.486 e. The molecule has 1 saturated heterocycles. The number of ketones is 1. The van der Waals surface area contributed by atoms with Crippen LogP contribution in [0.25, 0.3) is 0 Å². The minimum atomic E-state index is -3.17. The van der Waals surface area contributed by atoms with Gasteiger partial charge in [-0.2, -0.15) is 0 Å². The van der Waals surface area contributed by atoms with Crippen molar-refractivity contribution in [2.75, 3.05) is 19.3 Å². The van der Waals surface area contributed by atoms with Gasteiger partial charge >= 0.3 is 0 Å². The maximum Gasteiger partial charge on any atom is 0.211 e. The first kappa shape index (κ1) is 14.5. The Balaban J connectivity index is 1.85. The van der Waals surface area contributed by atoms with Crippen molar-refractivity contribution in [2.45, 2.75) is 31.8 Å². The molecule has 2 aliphatic heterocycles. The molecule has 0 saturated carbocycles. The first-order chi connectivity index (χ1) is 9.79. The third kappa shape index (κ3) is 2.70. The first-order valence-corrected chi connectivity index (χ1v) is 8.92. The largest absolute Gasteiger partial charge is 0.486 e. The molecule has 1 fully saturated rings. The number of rotatable bonds is 1. The summed E-state index contributed by atoms with van der Waals surface area (Å²) in [6.07, 6.45) is 2.66. The lowest BCUT2D eigenvalue weighted by Gasteiger charge is -2.43. The summed E-state index contributed by atoms with van der Waals surface area (Å²) in [4.78, 5) is 12.3. The number of nitrogens with zero attached hydrogens (tertiary/aromatic N) is 1. The van der Waals surface area contributed by atoms with Gasteiger partial charge in [0.15, 0.2) is 5.78 Å². The molecule has 21 heavy (non-hydrogen) atoms. The average Bonchev–Trinajstić information content (AvgIpc) is 2.37. The molecule has 0 amide bonds. The van der Waals surface area contributed by atoms with E-state index in [1.807, 2.05) is 25.1 Å². The molecule has 114 valence electrons. The highest BCUT2D eigenvalue weighted by Crippen LogP contribution is 2.39. The molecule has 0 N–H and O–H groups in total. The normalized spacial score (nSPS) is 21.9. The molecule has 0 bridgehead atoms. The number of Topliss-reactive ketones (excluding diaryl/α,β-unsaturated/α-hetero) is 1. The molecule has 0 aromatic heterocycles. The van der Waals surface area contributed by atoms with E-state index in [2.05, 4.69) is 0 Å². The Bertz CT molecular complexity index is 688. The Kier molecular flexibility index (Phi) is 3.33.